The lowest BCUT2D eigenvalue weighted by Crippen LogP contribution is -2.45. The molecule has 0 bridgehead atoms. The first-order chi connectivity index (χ1) is 18.8. The molecule has 0 atom stereocenters. The number of hydrogen-bond acceptors (Lipinski definition) is 12. The fraction of sp³-hybridized carbons (Fsp3) is 0.400. The molecule has 3 aromatic heterocycles. The molecule has 0 aliphatic carbocycles. The quantitative estimate of drug-likeness (QED) is 0.305. The number of rotatable bonds is 10. The molecule has 1 aromatic carbocycles. The highest BCUT2D eigenvalue weighted by Crippen LogP contribution is 2.33. The van der Waals surface area contributed by atoms with Crippen molar-refractivity contribution in [3.8, 4) is 23.0 Å². The number of nitrogens with zero attached hydrogens (tertiary/aromatic N) is 8. The number of benzene rings is 1. The zero-order valence-electron chi connectivity index (χ0n) is 21.4. The van der Waals surface area contributed by atoms with E-state index in [0.717, 1.165) is 22.8 Å². The van der Waals surface area contributed by atoms with Gasteiger partial charge in [0.25, 0.3) is 5.89 Å². The SMILES string of the molecule is CC(C)(CCn1cc(C2CN(c3nnc(-c4cnc(NCc5ccc6c(c5)OCO6)nc4)o3)C2)nn1)C(=O)O. The van der Waals surface area contributed by atoms with Crippen molar-refractivity contribution < 1.29 is 23.8 Å². The molecule has 0 radical (unpaired) electrons. The van der Waals surface area contributed by atoms with Crippen LogP contribution in [-0.4, -0.2) is 66.1 Å². The molecule has 6 rings (SSSR count). The van der Waals surface area contributed by atoms with Crippen LogP contribution < -0.4 is 19.7 Å². The molecule has 39 heavy (non-hydrogen) atoms. The van der Waals surface area contributed by atoms with Crippen molar-refractivity contribution >= 4 is 17.9 Å². The standard InChI is InChI=1S/C25H27N9O5/c1-25(2,22(35)36)5-6-34-13-18(29-32-34)17-11-33(12-17)24-31-30-21(39-24)16-9-27-23(28-10-16)26-8-15-3-4-19-20(7-15)38-14-37-19/h3-4,7,9-10,13,17H,5-6,8,11-12,14H2,1-2H3,(H,35,36)(H,26,27,28). The van der Waals surface area contributed by atoms with E-state index in [2.05, 4.69) is 35.8 Å². The Kier molecular flexibility index (Phi) is 6.21. The lowest BCUT2D eigenvalue weighted by Gasteiger charge is -2.36. The number of anilines is 2. The summed E-state index contributed by atoms with van der Waals surface area (Å²) in [7, 11) is 0. The van der Waals surface area contributed by atoms with Gasteiger partial charge in [-0.05, 0) is 38.0 Å². The molecule has 202 valence electrons. The predicted octanol–water partition coefficient (Wildman–Crippen LogP) is 2.56. The Morgan fingerprint density at radius 2 is 1.92 bits per heavy atom. The van der Waals surface area contributed by atoms with E-state index in [9.17, 15) is 9.90 Å². The minimum atomic E-state index is -0.826. The molecule has 4 aromatic rings. The van der Waals surface area contributed by atoms with E-state index in [1.165, 1.54) is 0 Å². The normalized spacial score (nSPS) is 14.9. The number of aliphatic carboxylic acids is 1. The molecule has 2 N–H and O–H groups in total. The first-order valence-corrected chi connectivity index (χ1v) is 12.5. The number of carboxylic acid groups (broad SMARTS) is 1. The van der Waals surface area contributed by atoms with Crippen LogP contribution in [0, 0.1) is 5.41 Å². The van der Waals surface area contributed by atoms with Crippen LogP contribution in [0.4, 0.5) is 12.0 Å². The molecule has 5 heterocycles. The van der Waals surface area contributed by atoms with Crippen molar-refractivity contribution in [3.05, 3.63) is 48.0 Å². The third-order valence-electron chi connectivity index (χ3n) is 6.87. The Morgan fingerprint density at radius 3 is 2.72 bits per heavy atom. The van der Waals surface area contributed by atoms with Crippen LogP contribution in [-0.2, 0) is 17.9 Å². The summed E-state index contributed by atoms with van der Waals surface area (Å²) in [5, 5.41) is 29.2. The highest BCUT2D eigenvalue weighted by atomic mass is 16.7. The summed E-state index contributed by atoms with van der Waals surface area (Å²) >= 11 is 0. The predicted molar refractivity (Wildman–Crippen MR) is 136 cm³/mol. The minimum Gasteiger partial charge on any atom is -0.481 e. The van der Waals surface area contributed by atoms with Crippen LogP contribution in [0.5, 0.6) is 11.5 Å². The van der Waals surface area contributed by atoms with Crippen LogP contribution in [0.3, 0.4) is 0 Å². The highest BCUT2D eigenvalue weighted by Gasteiger charge is 2.34. The number of fused-ring (bicyclic) bond motifs is 1. The minimum absolute atomic E-state index is 0.181. The average Bonchev–Trinajstić information content (AvgIpc) is 3.67. The van der Waals surface area contributed by atoms with Crippen molar-refractivity contribution in [2.75, 3.05) is 30.1 Å². The topological polar surface area (TPSA) is 166 Å². The molecule has 1 fully saturated rings. The summed E-state index contributed by atoms with van der Waals surface area (Å²) in [5.74, 6) is 1.64. The van der Waals surface area contributed by atoms with Gasteiger partial charge in [0.05, 0.1) is 16.7 Å². The molecule has 14 nitrogen and oxygen atoms in total. The van der Waals surface area contributed by atoms with Gasteiger partial charge >= 0.3 is 12.0 Å². The maximum absolute atomic E-state index is 11.3. The van der Waals surface area contributed by atoms with E-state index in [0.29, 0.717) is 56.0 Å². The number of hydrogen-bond donors (Lipinski definition) is 2. The third kappa shape index (κ3) is 5.17. The van der Waals surface area contributed by atoms with Gasteiger partial charge in [-0.3, -0.25) is 9.48 Å². The highest BCUT2D eigenvalue weighted by molar-refractivity contribution is 5.73. The second-order valence-electron chi connectivity index (χ2n) is 10.2. The first kappa shape index (κ1) is 24.6. The molecule has 14 heteroatoms. The molecule has 0 amide bonds. The van der Waals surface area contributed by atoms with Gasteiger partial charge < -0.3 is 29.2 Å². The Balaban J connectivity index is 1.00. The summed E-state index contributed by atoms with van der Waals surface area (Å²) in [4.78, 5) is 22.0. The average molecular weight is 534 g/mol. The van der Waals surface area contributed by atoms with Crippen LogP contribution in [0.1, 0.15) is 37.4 Å². The number of carboxylic acids is 1. The summed E-state index contributed by atoms with van der Waals surface area (Å²) in [6, 6.07) is 6.18. The molecule has 2 aliphatic heterocycles. The second kappa shape index (κ2) is 9.85. The summed E-state index contributed by atoms with van der Waals surface area (Å²) in [6.07, 6.45) is 5.61. The van der Waals surface area contributed by atoms with E-state index in [1.54, 1.807) is 30.9 Å². The number of aromatic nitrogens is 7. The van der Waals surface area contributed by atoms with Crippen molar-refractivity contribution in [3.63, 3.8) is 0 Å². The lowest BCUT2D eigenvalue weighted by atomic mass is 9.90. The maximum Gasteiger partial charge on any atom is 0.318 e. The molecular weight excluding hydrogens is 506 g/mol. The Morgan fingerprint density at radius 1 is 1.13 bits per heavy atom. The molecule has 2 aliphatic rings. The van der Waals surface area contributed by atoms with E-state index in [4.69, 9.17) is 13.9 Å². The van der Waals surface area contributed by atoms with Crippen LogP contribution in [0.15, 0.2) is 41.2 Å². The summed E-state index contributed by atoms with van der Waals surface area (Å²) in [6.45, 7) is 6.01. The second-order valence-corrected chi connectivity index (χ2v) is 10.2. The first-order valence-electron chi connectivity index (χ1n) is 12.5. The number of nitrogens with one attached hydrogen (secondary N) is 1. The number of aryl methyl sites for hydroxylation is 1. The van der Waals surface area contributed by atoms with Crippen molar-refractivity contribution in [1.29, 1.82) is 0 Å². The third-order valence-corrected chi connectivity index (χ3v) is 6.87. The number of carbonyl (C=O) groups is 1. The molecule has 0 unspecified atom stereocenters. The largest absolute Gasteiger partial charge is 0.481 e. The van der Waals surface area contributed by atoms with Crippen LogP contribution >= 0.6 is 0 Å². The molecule has 0 saturated carbocycles. The van der Waals surface area contributed by atoms with Crippen molar-refractivity contribution in [1.82, 2.24) is 35.2 Å². The summed E-state index contributed by atoms with van der Waals surface area (Å²) < 4.78 is 18.3. The monoisotopic (exact) mass is 533 g/mol. The van der Waals surface area contributed by atoms with Gasteiger partial charge in [0.2, 0.25) is 12.7 Å². The van der Waals surface area contributed by atoms with E-state index in [-0.39, 0.29) is 12.7 Å². The van der Waals surface area contributed by atoms with Gasteiger partial charge in [-0.25, -0.2) is 9.97 Å². The van der Waals surface area contributed by atoms with Gasteiger partial charge in [0.15, 0.2) is 11.5 Å². The van der Waals surface area contributed by atoms with E-state index in [1.807, 2.05) is 29.3 Å². The molecular formula is C25H27N9O5. The Labute approximate surface area is 223 Å². The maximum atomic E-state index is 11.3. The zero-order chi connectivity index (χ0) is 27.0. The van der Waals surface area contributed by atoms with Gasteiger partial charge in [-0.15, -0.1) is 10.2 Å². The Bertz CT molecular complexity index is 1480. The molecule has 0 spiro atoms. The smallest absolute Gasteiger partial charge is 0.318 e. The van der Waals surface area contributed by atoms with Crippen LogP contribution in [0.25, 0.3) is 11.5 Å². The van der Waals surface area contributed by atoms with Gasteiger partial charge in [-0.2, -0.15) is 0 Å². The fourth-order valence-corrected chi connectivity index (χ4v) is 4.15. The van der Waals surface area contributed by atoms with Gasteiger partial charge in [0.1, 0.15) is 0 Å². The lowest BCUT2D eigenvalue weighted by molar-refractivity contribution is -0.147. The van der Waals surface area contributed by atoms with Crippen LogP contribution in [0.2, 0.25) is 0 Å². The number of ether oxygens (including phenoxy) is 2. The van der Waals surface area contributed by atoms with E-state index >= 15 is 0 Å². The Hall–Kier alpha value is -4.75. The molecule has 1 saturated heterocycles. The van der Waals surface area contributed by atoms with Crippen molar-refractivity contribution in [2.45, 2.75) is 39.3 Å². The van der Waals surface area contributed by atoms with Crippen molar-refractivity contribution in [2.24, 2.45) is 5.41 Å². The van der Waals surface area contributed by atoms with Gasteiger partial charge in [0, 0.05) is 50.7 Å². The zero-order valence-corrected chi connectivity index (χ0v) is 21.4. The summed E-state index contributed by atoms with van der Waals surface area (Å²) in [5.41, 5.74) is 1.68. The fourth-order valence-electron chi connectivity index (χ4n) is 4.15. The van der Waals surface area contributed by atoms with E-state index < -0.39 is 11.4 Å². The van der Waals surface area contributed by atoms with Gasteiger partial charge in [-0.1, -0.05) is 16.4 Å².